The lowest BCUT2D eigenvalue weighted by molar-refractivity contribution is -0.127. The van der Waals surface area contributed by atoms with Gasteiger partial charge in [-0.15, -0.1) is 0 Å². The van der Waals surface area contributed by atoms with Crippen LogP contribution in [0.5, 0.6) is 0 Å². The SMILES string of the molecule is CCN(CC)CCCN1C(=O)NC(Cc2c[nH]c3ccccc23)C1=O. The Balaban J connectivity index is 1.61. The Morgan fingerprint density at radius 2 is 1.92 bits per heavy atom. The number of aromatic amines is 1. The molecule has 1 atom stereocenters. The number of para-hydroxylation sites is 1. The number of fused-ring (bicyclic) bond motifs is 1. The van der Waals surface area contributed by atoms with E-state index in [1.54, 1.807) is 0 Å². The molecule has 1 unspecified atom stereocenters. The molecular weight excluding hydrogens is 316 g/mol. The van der Waals surface area contributed by atoms with Crippen molar-refractivity contribution >= 4 is 22.8 Å². The average Bonchev–Trinajstić information content (AvgIpc) is 3.15. The molecule has 0 spiro atoms. The van der Waals surface area contributed by atoms with Gasteiger partial charge >= 0.3 is 6.03 Å². The Kier molecular flexibility index (Phi) is 5.38. The first-order chi connectivity index (χ1) is 12.1. The van der Waals surface area contributed by atoms with E-state index in [1.807, 2.05) is 30.5 Å². The van der Waals surface area contributed by atoms with Crippen molar-refractivity contribution in [3.63, 3.8) is 0 Å². The highest BCUT2D eigenvalue weighted by molar-refractivity contribution is 6.04. The Bertz CT molecular complexity index is 751. The molecule has 1 fully saturated rings. The van der Waals surface area contributed by atoms with Crippen molar-refractivity contribution < 1.29 is 9.59 Å². The number of hydrogen-bond donors (Lipinski definition) is 2. The predicted molar refractivity (Wildman–Crippen MR) is 98.4 cm³/mol. The first kappa shape index (κ1) is 17.5. The molecule has 2 aromatic rings. The number of carbonyl (C=O) groups excluding carboxylic acids is 2. The Hall–Kier alpha value is -2.34. The van der Waals surface area contributed by atoms with Gasteiger partial charge in [0.1, 0.15) is 6.04 Å². The molecule has 1 aliphatic heterocycles. The molecule has 2 heterocycles. The quantitative estimate of drug-likeness (QED) is 0.724. The van der Waals surface area contributed by atoms with Crippen LogP contribution in [0.2, 0.25) is 0 Å². The van der Waals surface area contributed by atoms with E-state index >= 15 is 0 Å². The van der Waals surface area contributed by atoms with Crippen LogP contribution in [-0.4, -0.2) is 58.9 Å². The van der Waals surface area contributed by atoms with Crippen LogP contribution in [0.1, 0.15) is 25.8 Å². The molecule has 25 heavy (non-hydrogen) atoms. The second-order valence-electron chi connectivity index (χ2n) is 6.44. The number of benzene rings is 1. The van der Waals surface area contributed by atoms with Crippen LogP contribution in [0.15, 0.2) is 30.5 Å². The molecule has 3 rings (SSSR count). The summed E-state index contributed by atoms with van der Waals surface area (Å²) in [4.78, 5) is 31.7. The van der Waals surface area contributed by atoms with Crippen LogP contribution in [0, 0.1) is 0 Å². The molecule has 2 N–H and O–H groups in total. The van der Waals surface area contributed by atoms with Gasteiger partial charge in [-0.3, -0.25) is 9.69 Å². The van der Waals surface area contributed by atoms with Gasteiger partial charge in [0, 0.05) is 30.1 Å². The van der Waals surface area contributed by atoms with Crippen LogP contribution in [-0.2, 0) is 11.2 Å². The third kappa shape index (κ3) is 3.69. The molecular formula is C19H26N4O2. The molecule has 1 saturated heterocycles. The monoisotopic (exact) mass is 342 g/mol. The zero-order valence-corrected chi connectivity index (χ0v) is 14.9. The Morgan fingerprint density at radius 1 is 1.16 bits per heavy atom. The summed E-state index contributed by atoms with van der Waals surface area (Å²) in [5.74, 6) is -0.116. The number of amides is 3. The maximum Gasteiger partial charge on any atom is 0.324 e. The van der Waals surface area contributed by atoms with Gasteiger partial charge in [0.2, 0.25) is 0 Å². The lowest BCUT2D eigenvalue weighted by Gasteiger charge is -2.19. The van der Waals surface area contributed by atoms with Gasteiger partial charge in [0.05, 0.1) is 0 Å². The molecule has 1 aromatic carbocycles. The van der Waals surface area contributed by atoms with Crippen molar-refractivity contribution in [1.82, 2.24) is 20.1 Å². The van der Waals surface area contributed by atoms with Crippen molar-refractivity contribution in [2.75, 3.05) is 26.2 Å². The van der Waals surface area contributed by atoms with E-state index in [0.717, 1.165) is 42.5 Å². The number of imide groups is 1. The van der Waals surface area contributed by atoms with E-state index in [4.69, 9.17) is 0 Å². The normalized spacial score (nSPS) is 17.7. The van der Waals surface area contributed by atoms with Gasteiger partial charge in [0.15, 0.2) is 0 Å². The summed E-state index contributed by atoms with van der Waals surface area (Å²) in [6.07, 6.45) is 3.24. The molecule has 0 saturated carbocycles. The second-order valence-corrected chi connectivity index (χ2v) is 6.44. The fraction of sp³-hybridized carbons (Fsp3) is 0.474. The molecule has 1 aromatic heterocycles. The van der Waals surface area contributed by atoms with E-state index in [2.05, 4.69) is 29.0 Å². The highest BCUT2D eigenvalue weighted by Gasteiger charge is 2.37. The maximum atomic E-state index is 12.6. The van der Waals surface area contributed by atoms with Crippen molar-refractivity contribution in [1.29, 1.82) is 0 Å². The van der Waals surface area contributed by atoms with Crippen molar-refractivity contribution in [2.24, 2.45) is 0 Å². The Labute approximate surface area is 148 Å². The largest absolute Gasteiger partial charge is 0.361 e. The van der Waals surface area contributed by atoms with E-state index < -0.39 is 6.04 Å². The molecule has 3 amide bonds. The van der Waals surface area contributed by atoms with Gasteiger partial charge in [-0.05, 0) is 37.7 Å². The molecule has 134 valence electrons. The first-order valence-electron chi connectivity index (χ1n) is 9.03. The van der Waals surface area contributed by atoms with Gasteiger partial charge in [-0.2, -0.15) is 0 Å². The number of rotatable bonds is 8. The van der Waals surface area contributed by atoms with Crippen molar-refractivity contribution in [3.05, 3.63) is 36.0 Å². The minimum atomic E-state index is -0.472. The fourth-order valence-corrected chi connectivity index (χ4v) is 3.44. The number of H-pyrrole nitrogens is 1. The van der Waals surface area contributed by atoms with Gasteiger partial charge in [-0.25, -0.2) is 4.79 Å². The van der Waals surface area contributed by atoms with Crippen LogP contribution in [0.3, 0.4) is 0 Å². The van der Waals surface area contributed by atoms with Crippen LogP contribution >= 0.6 is 0 Å². The zero-order chi connectivity index (χ0) is 17.8. The summed E-state index contributed by atoms with van der Waals surface area (Å²) in [5.41, 5.74) is 2.10. The van der Waals surface area contributed by atoms with Gasteiger partial charge < -0.3 is 15.2 Å². The molecule has 6 nitrogen and oxygen atoms in total. The smallest absolute Gasteiger partial charge is 0.324 e. The third-order valence-electron chi connectivity index (χ3n) is 4.96. The molecule has 0 aliphatic carbocycles. The van der Waals surface area contributed by atoms with Crippen LogP contribution in [0.25, 0.3) is 10.9 Å². The summed E-state index contributed by atoms with van der Waals surface area (Å²) in [6, 6.07) is 7.25. The fourth-order valence-electron chi connectivity index (χ4n) is 3.44. The molecule has 0 bridgehead atoms. The number of hydrogen-bond acceptors (Lipinski definition) is 3. The van der Waals surface area contributed by atoms with Crippen LogP contribution in [0.4, 0.5) is 4.79 Å². The molecule has 0 radical (unpaired) electrons. The lowest BCUT2D eigenvalue weighted by Crippen LogP contribution is -2.35. The maximum absolute atomic E-state index is 12.6. The van der Waals surface area contributed by atoms with E-state index in [-0.39, 0.29) is 11.9 Å². The first-order valence-corrected chi connectivity index (χ1v) is 9.03. The summed E-state index contributed by atoms with van der Waals surface area (Å²) >= 11 is 0. The standard InChI is InChI=1S/C19H26N4O2/c1-3-22(4-2)10-7-11-23-18(24)17(21-19(23)25)12-14-13-20-16-9-6-5-8-15(14)16/h5-6,8-9,13,17,20H,3-4,7,10-12H2,1-2H3,(H,21,25). The number of carbonyl (C=O) groups is 2. The summed E-state index contributed by atoms with van der Waals surface area (Å²) in [6.45, 7) is 7.59. The number of nitrogens with one attached hydrogen (secondary N) is 2. The summed E-state index contributed by atoms with van der Waals surface area (Å²) < 4.78 is 0. The minimum Gasteiger partial charge on any atom is -0.361 e. The van der Waals surface area contributed by atoms with Crippen LogP contribution < -0.4 is 5.32 Å². The third-order valence-corrected chi connectivity index (χ3v) is 4.96. The van der Waals surface area contributed by atoms with Gasteiger partial charge in [0.25, 0.3) is 5.91 Å². The Morgan fingerprint density at radius 3 is 2.68 bits per heavy atom. The van der Waals surface area contributed by atoms with Crippen molar-refractivity contribution in [3.8, 4) is 0 Å². The second kappa shape index (κ2) is 7.70. The van der Waals surface area contributed by atoms with Gasteiger partial charge in [-0.1, -0.05) is 32.0 Å². The number of aromatic nitrogens is 1. The number of nitrogens with zero attached hydrogens (tertiary/aromatic N) is 2. The average molecular weight is 342 g/mol. The molecule has 1 aliphatic rings. The highest BCUT2D eigenvalue weighted by Crippen LogP contribution is 2.21. The predicted octanol–water partition coefficient (Wildman–Crippen LogP) is 2.36. The summed E-state index contributed by atoms with van der Waals surface area (Å²) in [5, 5.41) is 3.93. The summed E-state index contributed by atoms with van der Waals surface area (Å²) in [7, 11) is 0. The minimum absolute atomic E-state index is 0.116. The molecule has 6 heteroatoms. The highest BCUT2D eigenvalue weighted by atomic mass is 16.2. The van der Waals surface area contributed by atoms with E-state index in [1.165, 1.54) is 4.90 Å². The number of urea groups is 1. The topological polar surface area (TPSA) is 68.4 Å². The van der Waals surface area contributed by atoms with Crippen molar-refractivity contribution in [2.45, 2.75) is 32.7 Å². The van der Waals surface area contributed by atoms with E-state index in [9.17, 15) is 9.59 Å². The lowest BCUT2D eigenvalue weighted by atomic mass is 10.1. The zero-order valence-electron chi connectivity index (χ0n) is 14.9. The van der Waals surface area contributed by atoms with E-state index in [0.29, 0.717) is 13.0 Å².